The van der Waals surface area contributed by atoms with Gasteiger partial charge in [0.05, 0.1) is 13.2 Å². The molecule has 2 aliphatic rings. The molecule has 0 saturated carbocycles. The van der Waals surface area contributed by atoms with Crippen molar-refractivity contribution in [3.05, 3.63) is 11.6 Å². The van der Waals surface area contributed by atoms with E-state index in [1.54, 1.807) is 0 Å². The molecule has 1 fully saturated rings. The van der Waals surface area contributed by atoms with Gasteiger partial charge < -0.3 is 9.84 Å². The summed E-state index contributed by atoms with van der Waals surface area (Å²) in [6.45, 7) is 5.75. The number of likely N-dealkylation sites (tertiary alicyclic amines) is 1. The fraction of sp³-hybridized carbons (Fsp3) is 0.733. The number of ether oxygens (including phenoxy) is 1. The van der Waals surface area contributed by atoms with Crippen molar-refractivity contribution < 1.29 is 14.6 Å². The molecule has 0 aromatic rings. The van der Waals surface area contributed by atoms with Gasteiger partial charge in [0.2, 0.25) is 0 Å². The summed E-state index contributed by atoms with van der Waals surface area (Å²) < 4.78 is 5.34. The lowest BCUT2D eigenvalue weighted by molar-refractivity contribution is -0.141. The number of nitriles is 1. The number of aliphatic carboxylic acids is 1. The molecular formula is C15H22N2O3. The topological polar surface area (TPSA) is 73.6 Å². The molecule has 2 rings (SSSR count). The van der Waals surface area contributed by atoms with Crippen molar-refractivity contribution in [1.82, 2.24) is 4.90 Å². The third kappa shape index (κ3) is 2.96. The molecule has 0 bridgehead atoms. The van der Waals surface area contributed by atoms with Crippen molar-refractivity contribution in [2.45, 2.75) is 51.6 Å². The number of carbonyl (C=O) groups is 1. The van der Waals surface area contributed by atoms with E-state index in [1.165, 1.54) is 10.5 Å². The first-order valence-corrected chi connectivity index (χ1v) is 7.14. The van der Waals surface area contributed by atoms with Crippen LogP contribution in [0.2, 0.25) is 0 Å². The Morgan fingerprint density at radius 1 is 1.60 bits per heavy atom. The quantitative estimate of drug-likeness (QED) is 0.630. The molecule has 5 heteroatoms. The van der Waals surface area contributed by atoms with Gasteiger partial charge in [-0.2, -0.15) is 5.26 Å². The zero-order chi connectivity index (χ0) is 14.8. The van der Waals surface area contributed by atoms with E-state index in [4.69, 9.17) is 9.84 Å². The molecule has 0 aliphatic carbocycles. The normalized spacial score (nSPS) is 27.1. The van der Waals surface area contributed by atoms with Gasteiger partial charge >= 0.3 is 5.97 Å². The molecule has 5 nitrogen and oxygen atoms in total. The smallest absolute Gasteiger partial charge is 0.327 e. The summed E-state index contributed by atoms with van der Waals surface area (Å²) in [5.74, 6) is -0.892. The number of carboxylic acid groups (broad SMARTS) is 1. The molecule has 0 aromatic heterocycles. The standard InChI is InChI=1S/C15H22N2O3/c1-15(2,11-5-7-20-8-6-11)9-12-3-4-13(14(18)19)17(12)10-16/h5,12-13H,3-4,6-9H2,1-2H3,(H,18,19). The highest BCUT2D eigenvalue weighted by molar-refractivity contribution is 5.74. The minimum Gasteiger partial charge on any atom is -0.480 e. The maximum absolute atomic E-state index is 11.2. The van der Waals surface area contributed by atoms with Gasteiger partial charge in [0.1, 0.15) is 6.04 Å². The van der Waals surface area contributed by atoms with Crippen LogP contribution in [0.15, 0.2) is 11.6 Å². The third-order valence-electron chi connectivity index (χ3n) is 4.48. The van der Waals surface area contributed by atoms with Crippen molar-refractivity contribution in [2.24, 2.45) is 5.41 Å². The average Bonchev–Trinajstić information content (AvgIpc) is 2.82. The van der Waals surface area contributed by atoms with E-state index >= 15 is 0 Å². The van der Waals surface area contributed by atoms with Crippen LogP contribution in [0.4, 0.5) is 0 Å². The molecule has 1 N–H and O–H groups in total. The first-order valence-electron chi connectivity index (χ1n) is 7.14. The Morgan fingerprint density at radius 2 is 2.35 bits per heavy atom. The molecule has 1 saturated heterocycles. The van der Waals surface area contributed by atoms with Gasteiger partial charge in [-0.25, -0.2) is 4.79 Å². The second-order valence-corrected chi connectivity index (χ2v) is 6.23. The Morgan fingerprint density at radius 3 is 2.90 bits per heavy atom. The van der Waals surface area contributed by atoms with Crippen molar-refractivity contribution in [1.29, 1.82) is 5.26 Å². The van der Waals surface area contributed by atoms with Crippen molar-refractivity contribution in [3.63, 3.8) is 0 Å². The lowest BCUT2D eigenvalue weighted by Crippen LogP contribution is -2.39. The molecule has 2 aliphatic heterocycles. The molecule has 2 heterocycles. The third-order valence-corrected chi connectivity index (χ3v) is 4.48. The summed E-state index contributed by atoms with van der Waals surface area (Å²) in [6, 6.07) is -0.621. The molecule has 0 radical (unpaired) electrons. The van der Waals surface area contributed by atoms with Crippen LogP contribution in [0, 0.1) is 16.9 Å². The molecule has 0 amide bonds. The average molecular weight is 278 g/mol. The first-order chi connectivity index (χ1) is 9.45. The summed E-state index contributed by atoms with van der Waals surface area (Å²) in [5, 5.41) is 18.4. The predicted octanol–water partition coefficient (Wildman–Crippen LogP) is 2.15. The van der Waals surface area contributed by atoms with Crippen LogP contribution in [0.3, 0.4) is 0 Å². The Balaban J connectivity index is 2.07. The molecule has 2 atom stereocenters. The lowest BCUT2D eigenvalue weighted by atomic mass is 9.76. The monoisotopic (exact) mass is 278 g/mol. The van der Waals surface area contributed by atoms with Crippen molar-refractivity contribution in [2.75, 3.05) is 13.2 Å². The van der Waals surface area contributed by atoms with Gasteiger partial charge in [-0.3, -0.25) is 4.90 Å². The van der Waals surface area contributed by atoms with Crippen molar-refractivity contribution >= 4 is 5.97 Å². The maximum Gasteiger partial charge on any atom is 0.327 e. The fourth-order valence-electron chi connectivity index (χ4n) is 3.34. The van der Waals surface area contributed by atoms with Crippen LogP contribution >= 0.6 is 0 Å². The molecular weight excluding hydrogens is 256 g/mol. The van der Waals surface area contributed by atoms with E-state index < -0.39 is 12.0 Å². The van der Waals surface area contributed by atoms with E-state index in [1.807, 2.05) is 0 Å². The van der Waals surface area contributed by atoms with Crippen LogP contribution in [-0.2, 0) is 9.53 Å². The summed E-state index contributed by atoms with van der Waals surface area (Å²) in [5.41, 5.74) is 1.34. The lowest BCUT2D eigenvalue weighted by Gasteiger charge is -2.35. The van der Waals surface area contributed by atoms with Gasteiger partial charge in [0.25, 0.3) is 0 Å². The second-order valence-electron chi connectivity index (χ2n) is 6.23. The summed E-state index contributed by atoms with van der Waals surface area (Å²) in [4.78, 5) is 12.6. The van der Waals surface area contributed by atoms with E-state index in [0.717, 1.165) is 25.9 Å². The largest absolute Gasteiger partial charge is 0.480 e. The van der Waals surface area contributed by atoms with E-state index in [9.17, 15) is 10.1 Å². The highest BCUT2D eigenvalue weighted by atomic mass is 16.5. The van der Waals surface area contributed by atoms with Crippen LogP contribution in [-0.4, -0.2) is 41.3 Å². The highest BCUT2D eigenvalue weighted by Crippen LogP contribution is 2.39. The molecule has 0 aromatic carbocycles. The maximum atomic E-state index is 11.2. The zero-order valence-corrected chi connectivity index (χ0v) is 12.1. The number of rotatable bonds is 4. The van der Waals surface area contributed by atoms with E-state index in [2.05, 4.69) is 26.1 Å². The minimum atomic E-state index is -0.892. The highest BCUT2D eigenvalue weighted by Gasteiger charge is 2.40. The van der Waals surface area contributed by atoms with Gasteiger partial charge in [0, 0.05) is 6.04 Å². The zero-order valence-electron chi connectivity index (χ0n) is 12.1. The fourth-order valence-corrected chi connectivity index (χ4v) is 3.34. The Labute approximate surface area is 119 Å². The summed E-state index contributed by atoms with van der Waals surface area (Å²) in [6.07, 6.45) is 7.29. The summed E-state index contributed by atoms with van der Waals surface area (Å²) in [7, 11) is 0. The van der Waals surface area contributed by atoms with Crippen LogP contribution in [0.5, 0.6) is 0 Å². The van der Waals surface area contributed by atoms with E-state index in [-0.39, 0.29) is 11.5 Å². The van der Waals surface area contributed by atoms with Gasteiger partial charge in [0.15, 0.2) is 6.19 Å². The number of hydrogen-bond acceptors (Lipinski definition) is 4. The van der Waals surface area contributed by atoms with Gasteiger partial charge in [-0.15, -0.1) is 0 Å². The first kappa shape index (κ1) is 14.9. The molecule has 2 unspecified atom stereocenters. The van der Waals surface area contributed by atoms with Gasteiger partial charge in [-0.1, -0.05) is 25.5 Å². The Hall–Kier alpha value is -1.54. The Kier molecular flexibility index (Phi) is 4.34. The SMILES string of the molecule is CC(C)(CC1CCC(C(=O)O)N1C#N)C1=CCOCC1. The van der Waals surface area contributed by atoms with Crippen LogP contribution in [0.1, 0.15) is 39.5 Å². The van der Waals surface area contributed by atoms with E-state index in [0.29, 0.717) is 13.0 Å². The predicted molar refractivity (Wildman–Crippen MR) is 73.8 cm³/mol. The van der Waals surface area contributed by atoms with Gasteiger partial charge in [-0.05, 0) is 31.1 Å². The summed E-state index contributed by atoms with van der Waals surface area (Å²) >= 11 is 0. The molecule has 20 heavy (non-hydrogen) atoms. The minimum absolute atomic E-state index is 0.0169. The number of nitrogens with zero attached hydrogens (tertiary/aromatic N) is 2. The number of carboxylic acids is 1. The van der Waals surface area contributed by atoms with Crippen LogP contribution in [0.25, 0.3) is 0 Å². The second kappa shape index (κ2) is 5.84. The molecule has 110 valence electrons. The van der Waals surface area contributed by atoms with Crippen molar-refractivity contribution in [3.8, 4) is 6.19 Å². The Bertz CT molecular complexity index is 451. The number of hydrogen-bond donors (Lipinski definition) is 1. The molecule has 0 spiro atoms. The van der Waals surface area contributed by atoms with Crippen LogP contribution < -0.4 is 0 Å².